The fourth-order valence-electron chi connectivity index (χ4n) is 1.47. The zero-order chi connectivity index (χ0) is 9.47. The molecule has 2 nitrogen and oxygen atoms in total. The average molecular weight is 217 g/mol. The van der Waals surface area contributed by atoms with Crippen LogP contribution in [0.1, 0.15) is 18.4 Å². The summed E-state index contributed by atoms with van der Waals surface area (Å²) >= 11 is 11.6. The summed E-state index contributed by atoms with van der Waals surface area (Å²) in [5, 5.41) is 0.872. The third kappa shape index (κ3) is 1.54. The van der Waals surface area contributed by atoms with Crippen LogP contribution >= 0.6 is 23.2 Å². The molecular formula is C9H10Cl2N2. The van der Waals surface area contributed by atoms with E-state index in [2.05, 4.69) is 4.98 Å². The minimum Gasteiger partial charge on any atom is -0.330 e. The van der Waals surface area contributed by atoms with Gasteiger partial charge < -0.3 is 5.73 Å². The van der Waals surface area contributed by atoms with Crippen molar-refractivity contribution in [1.29, 1.82) is 0 Å². The highest BCUT2D eigenvalue weighted by Gasteiger charge is 2.43. The van der Waals surface area contributed by atoms with Gasteiger partial charge in [-0.05, 0) is 24.5 Å². The molecule has 0 bridgehead atoms. The zero-order valence-electron chi connectivity index (χ0n) is 7.06. The van der Waals surface area contributed by atoms with Gasteiger partial charge in [-0.2, -0.15) is 0 Å². The first-order chi connectivity index (χ1) is 6.18. The maximum atomic E-state index is 5.87. The second-order valence-electron chi connectivity index (χ2n) is 3.48. The lowest BCUT2D eigenvalue weighted by Crippen LogP contribution is -2.19. The van der Waals surface area contributed by atoms with Gasteiger partial charge >= 0.3 is 0 Å². The molecule has 4 heteroatoms. The summed E-state index contributed by atoms with van der Waals surface area (Å²) < 4.78 is 0. The van der Waals surface area contributed by atoms with Crippen LogP contribution in [0.4, 0.5) is 0 Å². The first-order valence-corrected chi connectivity index (χ1v) is 4.95. The van der Waals surface area contributed by atoms with Gasteiger partial charge in [0.1, 0.15) is 5.15 Å². The second kappa shape index (κ2) is 3.12. The highest BCUT2D eigenvalue weighted by Crippen LogP contribution is 2.47. The van der Waals surface area contributed by atoms with Crippen LogP contribution in [0.15, 0.2) is 12.3 Å². The molecule has 0 atom stereocenters. The summed E-state index contributed by atoms with van der Waals surface area (Å²) in [6, 6.07) is 1.87. The minimum atomic E-state index is 0.140. The first-order valence-electron chi connectivity index (χ1n) is 4.19. The molecule has 70 valence electrons. The molecule has 0 unspecified atom stereocenters. The third-order valence-electron chi connectivity index (χ3n) is 2.65. The molecule has 1 aliphatic rings. The van der Waals surface area contributed by atoms with Gasteiger partial charge in [0.15, 0.2) is 0 Å². The van der Waals surface area contributed by atoms with Crippen LogP contribution in [0.5, 0.6) is 0 Å². The number of rotatable bonds is 2. The standard InChI is InChI=1S/C9H10Cl2N2/c10-7-3-6(4-13-8(7)11)9(5-12)1-2-9/h3-4H,1-2,5,12H2. The molecule has 1 fully saturated rings. The van der Waals surface area contributed by atoms with E-state index in [0.29, 0.717) is 16.7 Å². The monoisotopic (exact) mass is 216 g/mol. The maximum Gasteiger partial charge on any atom is 0.147 e. The Bertz CT molecular complexity index is 334. The number of halogens is 2. The SMILES string of the molecule is NCC1(c2cnc(Cl)c(Cl)c2)CC1. The average Bonchev–Trinajstić information content (AvgIpc) is 2.90. The molecule has 0 aliphatic heterocycles. The van der Waals surface area contributed by atoms with E-state index >= 15 is 0 Å². The largest absolute Gasteiger partial charge is 0.330 e. The molecular weight excluding hydrogens is 207 g/mol. The molecule has 0 aromatic carbocycles. The van der Waals surface area contributed by atoms with E-state index in [0.717, 1.165) is 18.4 Å². The van der Waals surface area contributed by atoms with Crippen molar-refractivity contribution in [1.82, 2.24) is 4.98 Å². The number of nitrogens with two attached hydrogens (primary N) is 1. The van der Waals surface area contributed by atoms with E-state index < -0.39 is 0 Å². The van der Waals surface area contributed by atoms with E-state index in [9.17, 15) is 0 Å². The quantitative estimate of drug-likeness (QED) is 0.772. The van der Waals surface area contributed by atoms with E-state index in [1.807, 2.05) is 6.07 Å². The molecule has 2 rings (SSSR count). The minimum absolute atomic E-state index is 0.140. The molecule has 1 heterocycles. The van der Waals surface area contributed by atoms with Gasteiger partial charge in [0.05, 0.1) is 5.02 Å². The third-order valence-corrected chi connectivity index (χ3v) is 3.34. The Kier molecular flexibility index (Phi) is 2.22. The smallest absolute Gasteiger partial charge is 0.147 e. The highest BCUT2D eigenvalue weighted by molar-refractivity contribution is 6.41. The molecule has 0 spiro atoms. The predicted molar refractivity (Wildman–Crippen MR) is 54.2 cm³/mol. The van der Waals surface area contributed by atoms with Crippen LogP contribution in [0.25, 0.3) is 0 Å². The molecule has 13 heavy (non-hydrogen) atoms. The van der Waals surface area contributed by atoms with Gasteiger partial charge in [0.2, 0.25) is 0 Å². The number of aromatic nitrogens is 1. The Balaban J connectivity index is 2.37. The molecule has 1 saturated carbocycles. The second-order valence-corrected chi connectivity index (χ2v) is 4.25. The van der Waals surface area contributed by atoms with Gasteiger partial charge in [-0.1, -0.05) is 23.2 Å². The first kappa shape index (κ1) is 9.25. The topological polar surface area (TPSA) is 38.9 Å². The number of pyridine rings is 1. The summed E-state index contributed by atoms with van der Waals surface area (Å²) in [6.45, 7) is 0.659. The Morgan fingerprint density at radius 2 is 2.15 bits per heavy atom. The van der Waals surface area contributed by atoms with Crippen molar-refractivity contribution < 1.29 is 0 Å². The van der Waals surface area contributed by atoms with Gasteiger partial charge in [0.25, 0.3) is 0 Å². The van der Waals surface area contributed by atoms with Gasteiger partial charge in [-0.3, -0.25) is 0 Å². The lowest BCUT2D eigenvalue weighted by Gasteiger charge is -2.12. The lowest BCUT2D eigenvalue weighted by molar-refractivity contribution is 0.701. The molecule has 0 saturated heterocycles. The van der Waals surface area contributed by atoms with Crippen LogP contribution in [0, 0.1) is 0 Å². The lowest BCUT2D eigenvalue weighted by atomic mass is 9.98. The van der Waals surface area contributed by atoms with Crippen LogP contribution in [0.2, 0.25) is 10.2 Å². The summed E-state index contributed by atoms with van der Waals surface area (Å²) in [4.78, 5) is 4.01. The van der Waals surface area contributed by atoms with E-state index in [1.165, 1.54) is 0 Å². The van der Waals surface area contributed by atoms with Crippen molar-refractivity contribution in [2.75, 3.05) is 6.54 Å². The summed E-state index contributed by atoms with van der Waals surface area (Å²) in [5.74, 6) is 0. The van der Waals surface area contributed by atoms with Gasteiger partial charge in [0, 0.05) is 18.2 Å². The van der Waals surface area contributed by atoms with Crippen molar-refractivity contribution in [3.05, 3.63) is 28.0 Å². The number of nitrogens with zero attached hydrogens (tertiary/aromatic N) is 1. The Hall–Kier alpha value is -0.310. The van der Waals surface area contributed by atoms with Crippen LogP contribution in [0.3, 0.4) is 0 Å². The number of hydrogen-bond donors (Lipinski definition) is 1. The zero-order valence-corrected chi connectivity index (χ0v) is 8.57. The van der Waals surface area contributed by atoms with E-state index in [1.54, 1.807) is 6.20 Å². The van der Waals surface area contributed by atoms with Crippen molar-refractivity contribution in [2.24, 2.45) is 5.73 Å². The molecule has 1 aliphatic carbocycles. The normalized spacial score (nSPS) is 18.7. The Morgan fingerprint density at radius 1 is 1.46 bits per heavy atom. The van der Waals surface area contributed by atoms with Crippen LogP contribution < -0.4 is 5.73 Å². The predicted octanol–water partition coefficient (Wildman–Crippen LogP) is 2.38. The summed E-state index contributed by atoms with van der Waals surface area (Å²) in [7, 11) is 0. The van der Waals surface area contributed by atoms with E-state index in [-0.39, 0.29) is 5.41 Å². The number of hydrogen-bond acceptors (Lipinski definition) is 2. The Morgan fingerprint density at radius 3 is 2.62 bits per heavy atom. The molecule has 0 amide bonds. The van der Waals surface area contributed by atoms with Crippen LogP contribution in [-0.2, 0) is 5.41 Å². The molecule has 2 N–H and O–H groups in total. The van der Waals surface area contributed by atoms with Crippen molar-refractivity contribution in [3.8, 4) is 0 Å². The molecule has 1 aromatic rings. The molecule has 1 aromatic heterocycles. The van der Waals surface area contributed by atoms with Crippen molar-refractivity contribution >= 4 is 23.2 Å². The Labute approximate surface area is 87.1 Å². The van der Waals surface area contributed by atoms with Crippen molar-refractivity contribution in [3.63, 3.8) is 0 Å². The summed E-state index contributed by atoms with van der Waals surface area (Å²) in [6.07, 6.45) is 4.03. The van der Waals surface area contributed by atoms with Crippen LogP contribution in [-0.4, -0.2) is 11.5 Å². The van der Waals surface area contributed by atoms with Gasteiger partial charge in [-0.25, -0.2) is 4.98 Å². The fourth-order valence-corrected chi connectivity index (χ4v) is 1.74. The highest BCUT2D eigenvalue weighted by atomic mass is 35.5. The van der Waals surface area contributed by atoms with Crippen molar-refractivity contribution in [2.45, 2.75) is 18.3 Å². The fraction of sp³-hybridized carbons (Fsp3) is 0.444. The molecule has 0 radical (unpaired) electrons. The summed E-state index contributed by atoms with van der Waals surface area (Å²) in [5.41, 5.74) is 6.94. The van der Waals surface area contributed by atoms with Gasteiger partial charge in [-0.15, -0.1) is 0 Å². The maximum absolute atomic E-state index is 5.87. The van der Waals surface area contributed by atoms with E-state index in [4.69, 9.17) is 28.9 Å².